The zero-order chi connectivity index (χ0) is 31.3. The maximum absolute atomic E-state index is 14.4. The number of aromatic nitrogens is 2. The van der Waals surface area contributed by atoms with E-state index in [1.165, 1.54) is 5.57 Å². The Labute approximate surface area is 259 Å². The number of sulfonamides is 1. The van der Waals surface area contributed by atoms with Crippen LogP contribution in [0.1, 0.15) is 36.2 Å². The van der Waals surface area contributed by atoms with Gasteiger partial charge in [-0.05, 0) is 92.1 Å². The largest absolute Gasteiger partial charge is 0.497 e. The van der Waals surface area contributed by atoms with Crippen LogP contribution in [0.5, 0.6) is 11.5 Å². The van der Waals surface area contributed by atoms with Crippen molar-refractivity contribution in [1.82, 2.24) is 13.9 Å². The number of fused-ring (bicyclic) bond motifs is 1. The number of hydrogen-bond acceptors (Lipinski definition) is 7. The maximum Gasteiger partial charge on any atom is 0.243 e. The van der Waals surface area contributed by atoms with Crippen LogP contribution in [0.2, 0.25) is 0 Å². The Morgan fingerprint density at radius 1 is 1.07 bits per heavy atom. The molecular weight excluding hydrogens is 574 g/mol. The van der Waals surface area contributed by atoms with E-state index in [9.17, 15) is 13.7 Å². The van der Waals surface area contributed by atoms with Crippen LogP contribution in [0.3, 0.4) is 0 Å². The molecule has 0 N–H and O–H groups in total. The molecule has 0 fully saturated rings. The van der Waals surface area contributed by atoms with Crippen LogP contribution in [0.15, 0.2) is 95.8 Å². The van der Waals surface area contributed by atoms with Gasteiger partial charge in [0.15, 0.2) is 0 Å². The fourth-order valence-electron chi connectivity index (χ4n) is 5.34. The highest BCUT2D eigenvalue weighted by Crippen LogP contribution is 2.34. The van der Waals surface area contributed by atoms with Crippen LogP contribution >= 0.6 is 0 Å². The monoisotopic (exact) mass is 611 g/mol. The van der Waals surface area contributed by atoms with E-state index in [0.29, 0.717) is 37.4 Å². The van der Waals surface area contributed by atoms with Gasteiger partial charge in [0.1, 0.15) is 18.1 Å². The number of nitriles is 1. The molecule has 0 spiro atoms. The first-order chi connectivity index (χ1) is 21.2. The zero-order valence-electron chi connectivity index (χ0n) is 25.5. The van der Waals surface area contributed by atoms with Gasteiger partial charge in [-0.2, -0.15) is 9.57 Å². The average Bonchev–Trinajstić information content (AvgIpc) is 3.36. The topological polar surface area (TPSA) is 101 Å². The lowest BCUT2D eigenvalue weighted by molar-refractivity contribution is 0.317. The van der Waals surface area contributed by atoms with Crippen molar-refractivity contribution in [3.63, 3.8) is 0 Å². The third-order valence-electron chi connectivity index (χ3n) is 7.79. The van der Waals surface area contributed by atoms with E-state index in [2.05, 4.69) is 16.0 Å². The fourth-order valence-corrected chi connectivity index (χ4v) is 6.94. The van der Waals surface area contributed by atoms with Crippen LogP contribution in [-0.4, -0.2) is 48.6 Å². The van der Waals surface area contributed by atoms with Crippen LogP contribution in [-0.2, 0) is 36.6 Å². The van der Waals surface area contributed by atoms with Crippen molar-refractivity contribution in [2.45, 2.75) is 44.3 Å². The average molecular weight is 612 g/mol. The Balaban J connectivity index is 1.55. The molecule has 44 heavy (non-hydrogen) atoms. The first kappa shape index (κ1) is 30.9. The quantitative estimate of drug-likeness (QED) is 0.219. The molecule has 228 valence electrons. The van der Waals surface area contributed by atoms with E-state index in [1.807, 2.05) is 68.1 Å². The summed E-state index contributed by atoms with van der Waals surface area (Å²) in [5.41, 5.74) is 5.31. The highest BCUT2D eigenvalue weighted by molar-refractivity contribution is 7.89. The molecule has 0 bridgehead atoms. The van der Waals surface area contributed by atoms with Gasteiger partial charge < -0.3 is 18.9 Å². The SMILES string of the molecule is COc1ccc(S(=O)(=O)N2Cc3cc(C#N)ccc3N(Cc3cncn3C)C[C@H]2Cc2ccc(OCC=C(C)C)cc2)cc1. The summed E-state index contributed by atoms with van der Waals surface area (Å²) in [5, 5.41) is 9.69. The second kappa shape index (κ2) is 13.4. The van der Waals surface area contributed by atoms with E-state index in [-0.39, 0.29) is 11.4 Å². The van der Waals surface area contributed by atoms with Crippen molar-refractivity contribution in [2.24, 2.45) is 7.05 Å². The molecule has 0 saturated carbocycles. The van der Waals surface area contributed by atoms with Gasteiger partial charge in [-0.15, -0.1) is 0 Å². The Kier molecular flexibility index (Phi) is 9.37. The molecule has 10 heteroatoms. The minimum absolute atomic E-state index is 0.121. The Morgan fingerprint density at radius 2 is 1.80 bits per heavy atom. The number of allylic oxidation sites excluding steroid dienone is 1. The van der Waals surface area contributed by atoms with E-state index in [4.69, 9.17) is 9.47 Å². The Morgan fingerprint density at radius 3 is 2.43 bits per heavy atom. The summed E-state index contributed by atoms with van der Waals surface area (Å²) in [6, 6.07) is 21.6. The number of benzene rings is 3. The lowest BCUT2D eigenvalue weighted by Gasteiger charge is -2.32. The highest BCUT2D eigenvalue weighted by atomic mass is 32.2. The summed E-state index contributed by atoms with van der Waals surface area (Å²) < 4.78 is 43.4. The molecule has 0 saturated heterocycles. The number of hydrogen-bond donors (Lipinski definition) is 0. The Bertz CT molecular complexity index is 1770. The molecule has 3 aromatic carbocycles. The van der Waals surface area contributed by atoms with Crippen molar-refractivity contribution < 1.29 is 17.9 Å². The van der Waals surface area contributed by atoms with Gasteiger partial charge in [0, 0.05) is 38.1 Å². The molecule has 0 aliphatic carbocycles. The number of rotatable bonds is 10. The van der Waals surface area contributed by atoms with Gasteiger partial charge >= 0.3 is 0 Å². The standard InChI is InChI=1S/C34H37N5O4S/c1-25(2)15-16-43-32-8-5-26(6-9-32)18-29-22-38(23-30-20-36-24-37(30)3)34-14-7-27(19-35)17-28(34)21-39(29)44(40,41)33-12-10-31(42-4)11-13-33/h5-15,17,20,24,29H,16,18,21-23H2,1-4H3/t29-/m1/s1. The van der Waals surface area contributed by atoms with E-state index in [0.717, 1.165) is 28.3 Å². The zero-order valence-corrected chi connectivity index (χ0v) is 26.3. The van der Waals surface area contributed by atoms with Crippen molar-refractivity contribution in [3.8, 4) is 17.6 Å². The summed E-state index contributed by atoms with van der Waals surface area (Å²) >= 11 is 0. The number of ether oxygens (including phenoxy) is 2. The molecule has 1 atom stereocenters. The van der Waals surface area contributed by atoms with Crippen LogP contribution in [0.4, 0.5) is 5.69 Å². The molecule has 5 rings (SSSR count). The smallest absolute Gasteiger partial charge is 0.243 e. The molecule has 2 heterocycles. The molecule has 0 radical (unpaired) electrons. The van der Waals surface area contributed by atoms with Crippen molar-refractivity contribution in [2.75, 3.05) is 25.2 Å². The highest BCUT2D eigenvalue weighted by Gasteiger charge is 2.37. The summed E-state index contributed by atoms with van der Waals surface area (Å²) in [6.07, 6.45) is 6.08. The van der Waals surface area contributed by atoms with Crippen LogP contribution in [0, 0.1) is 11.3 Å². The third-order valence-corrected chi connectivity index (χ3v) is 9.70. The molecule has 1 aliphatic rings. The molecule has 9 nitrogen and oxygen atoms in total. The summed E-state index contributed by atoms with van der Waals surface area (Å²) in [7, 11) is -0.453. The summed E-state index contributed by atoms with van der Waals surface area (Å²) in [4.78, 5) is 6.67. The van der Waals surface area contributed by atoms with Gasteiger partial charge in [0.2, 0.25) is 10.0 Å². The number of anilines is 1. The van der Waals surface area contributed by atoms with Gasteiger partial charge in [-0.3, -0.25) is 0 Å². The van der Waals surface area contributed by atoms with E-state index >= 15 is 0 Å². The lowest BCUT2D eigenvalue weighted by Crippen LogP contribution is -2.45. The number of methoxy groups -OCH3 is 1. The van der Waals surface area contributed by atoms with Crippen LogP contribution < -0.4 is 14.4 Å². The Hall–Kier alpha value is -4.59. The van der Waals surface area contributed by atoms with E-state index in [1.54, 1.807) is 54.1 Å². The van der Waals surface area contributed by atoms with Crippen molar-refractivity contribution >= 4 is 15.7 Å². The van der Waals surface area contributed by atoms with Gasteiger partial charge in [-0.1, -0.05) is 17.7 Å². The second-order valence-corrected chi connectivity index (χ2v) is 13.0. The fraction of sp³-hybridized carbons (Fsp3) is 0.294. The number of imidazole rings is 1. The molecule has 0 amide bonds. The minimum Gasteiger partial charge on any atom is -0.497 e. The van der Waals surface area contributed by atoms with Gasteiger partial charge in [0.05, 0.1) is 42.2 Å². The predicted molar refractivity (Wildman–Crippen MR) is 170 cm³/mol. The van der Waals surface area contributed by atoms with Crippen LogP contribution in [0.25, 0.3) is 0 Å². The molecular formula is C34H37N5O4S. The van der Waals surface area contributed by atoms with Gasteiger partial charge in [-0.25, -0.2) is 13.4 Å². The summed E-state index contributed by atoms with van der Waals surface area (Å²) in [6.45, 7) is 5.63. The molecule has 0 unspecified atom stereocenters. The predicted octanol–water partition coefficient (Wildman–Crippen LogP) is 5.47. The van der Waals surface area contributed by atoms with E-state index < -0.39 is 16.1 Å². The number of aryl methyl sites for hydroxylation is 1. The molecule has 4 aromatic rings. The third kappa shape index (κ3) is 6.96. The molecule has 1 aliphatic heterocycles. The van der Waals surface area contributed by atoms with Gasteiger partial charge in [0.25, 0.3) is 0 Å². The first-order valence-corrected chi connectivity index (χ1v) is 15.9. The normalized spacial score (nSPS) is 15.2. The van der Waals surface area contributed by atoms with Crippen molar-refractivity contribution in [3.05, 3.63) is 113 Å². The summed E-state index contributed by atoms with van der Waals surface area (Å²) in [5.74, 6) is 1.33. The first-order valence-electron chi connectivity index (χ1n) is 14.4. The lowest BCUT2D eigenvalue weighted by atomic mass is 10.1. The minimum atomic E-state index is -3.94. The maximum atomic E-state index is 14.4. The number of nitrogens with zero attached hydrogens (tertiary/aromatic N) is 5. The molecule has 1 aromatic heterocycles. The van der Waals surface area contributed by atoms with Crippen molar-refractivity contribution in [1.29, 1.82) is 5.26 Å². The second-order valence-electron chi connectivity index (χ2n) is 11.2.